The third-order valence-corrected chi connectivity index (χ3v) is 13.1. The summed E-state index contributed by atoms with van der Waals surface area (Å²) < 4.78 is 0. The average Bonchev–Trinajstić information content (AvgIpc) is 3.54. The molecule has 0 saturated carbocycles. The van der Waals surface area contributed by atoms with Crippen LogP contribution in [-0.2, 0) is 11.8 Å². The summed E-state index contributed by atoms with van der Waals surface area (Å²) in [5.74, 6) is 0. The Labute approximate surface area is 365 Å². The summed E-state index contributed by atoms with van der Waals surface area (Å²) in [6, 6.07) is 64.3. The van der Waals surface area contributed by atoms with Crippen LogP contribution in [0.5, 0.6) is 0 Å². The molecule has 2 heterocycles. The molecule has 0 atom stereocenters. The summed E-state index contributed by atoms with van der Waals surface area (Å²) in [7, 11) is 0. The Kier molecular flexibility index (Phi) is 8.94. The number of hydrogen-bond acceptors (Lipinski definition) is 3. The van der Waals surface area contributed by atoms with Crippen molar-refractivity contribution in [2.45, 2.75) is 32.6 Å². The van der Waals surface area contributed by atoms with Gasteiger partial charge in [-0.2, -0.15) is 0 Å². The van der Waals surface area contributed by atoms with E-state index < -0.39 is 0 Å². The molecule has 0 amide bonds. The first kappa shape index (κ1) is 37.4. The van der Waals surface area contributed by atoms with E-state index in [0.717, 1.165) is 51.9 Å². The lowest BCUT2D eigenvalue weighted by atomic mass is 9.81. The smallest absolute Gasteiger partial charge is 0.0703 e. The quantitative estimate of drug-likeness (QED) is 0.149. The summed E-state index contributed by atoms with van der Waals surface area (Å²) >= 11 is 0. The van der Waals surface area contributed by atoms with E-state index in [2.05, 4.69) is 242 Å². The van der Waals surface area contributed by atoms with Gasteiger partial charge in [-0.3, -0.25) is 0 Å². The summed E-state index contributed by atoms with van der Waals surface area (Å²) in [5, 5.41) is 2.42. The van der Waals surface area contributed by atoms with Crippen molar-refractivity contribution in [2.75, 3.05) is 14.7 Å². The molecule has 3 nitrogen and oxygen atoms in total. The Bertz CT molecular complexity index is 3130. The highest BCUT2D eigenvalue weighted by Gasteiger charge is 2.37. The highest BCUT2D eigenvalue weighted by atomic mass is 15.3. The minimum Gasteiger partial charge on any atom is -0.310 e. The largest absolute Gasteiger partial charge is 0.310 e. The van der Waals surface area contributed by atoms with Gasteiger partial charge in [-0.15, -0.1) is 0 Å². The van der Waals surface area contributed by atoms with Crippen molar-refractivity contribution >= 4 is 68.4 Å². The molecule has 0 aromatic heterocycles. The van der Waals surface area contributed by atoms with Crippen LogP contribution in [0.15, 0.2) is 212 Å². The zero-order chi connectivity index (χ0) is 42.0. The van der Waals surface area contributed by atoms with Crippen molar-refractivity contribution in [3.05, 3.63) is 240 Å². The Morgan fingerprint density at radius 3 is 1.79 bits per heavy atom. The molecular formula is C59H47N3. The normalized spacial score (nSPS) is 14.9. The Balaban J connectivity index is 0.946. The predicted molar refractivity (Wildman–Crippen MR) is 264 cm³/mol. The van der Waals surface area contributed by atoms with E-state index in [4.69, 9.17) is 0 Å². The molecule has 2 aliphatic heterocycles. The van der Waals surface area contributed by atoms with Crippen molar-refractivity contribution in [1.29, 1.82) is 0 Å². The van der Waals surface area contributed by atoms with Gasteiger partial charge < -0.3 is 14.7 Å². The van der Waals surface area contributed by atoms with Gasteiger partial charge in [-0.1, -0.05) is 160 Å². The zero-order valence-corrected chi connectivity index (χ0v) is 35.4. The van der Waals surface area contributed by atoms with Crippen LogP contribution in [0, 0.1) is 0 Å². The summed E-state index contributed by atoms with van der Waals surface area (Å²) in [4.78, 5) is 7.21. The van der Waals surface area contributed by atoms with E-state index in [0.29, 0.717) is 0 Å². The average molecular weight is 798 g/mol. The lowest BCUT2D eigenvalue weighted by Gasteiger charge is -2.40. The maximum Gasteiger partial charge on any atom is 0.0703 e. The molecule has 0 saturated heterocycles. The van der Waals surface area contributed by atoms with Gasteiger partial charge in [0.15, 0.2) is 0 Å². The maximum atomic E-state index is 4.28. The monoisotopic (exact) mass is 797 g/mol. The van der Waals surface area contributed by atoms with Crippen LogP contribution in [0.3, 0.4) is 0 Å². The first-order valence-corrected chi connectivity index (χ1v) is 21.6. The Hall–Kier alpha value is -7.62. The van der Waals surface area contributed by atoms with Crippen LogP contribution < -0.4 is 14.7 Å². The third-order valence-electron chi connectivity index (χ3n) is 13.1. The molecule has 8 aromatic rings. The second-order valence-corrected chi connectivity index (χ2v) is 17.0. The number of anilines is 8. The van der Waals surface area contributed by atoms with Crippen molar-refractivity contribution in [3.63, 3.8) is 0 Å². The molecule has 1 aliphatic carbocycles. The number of benzene rings is 8. The third kappa shape index (κ3) is 5.88. The number of rotatable bonds is 7. The van der Waals surface area contributed by atoms with E-state index >= 15 is 0 Å². The molecule has 3 aliphatic rings. The highest BCUT2D eigenvalue weighted by Crippen LogP contribution is 2.55. The summed E-state index contributed by atoms with van der Waals surface area (Å²) in [5.41, 5.74) is 20.5. The number of allylic oxidation sites excluding steroid dienone is 4. The number of hydrogen-bond donors (Lipinski definition) is 0. The molecule has 0 radical (unpaired) electrons. The van der Waals surface area contributed by atoms with E-state index in [1.807, 2.05) is 6.08 Å². The minimum absolute atomic E-state index is 0.185. The Morgan fingerprint density at radius 1 is 0.484 bits per heavy atom. The van der Waals surface area contributed by atoms with Crippen molar-refractivity contribution in [1.82, 2.24) is 0 Å². The first-order valence-electron chi connectivity index (χ1n) is 21.6. The van der Waals surface area contributed by atoms with Crippen LogP contribution in [0.1, 0.15) is 48.6 Å². The second kappa shape index (κ2) is 14.8. The molecule has 298 valence electrons. The first-order chi connectivity index (χ1) is 30.4. The molecule has 3 heteroatoms. The van der Waals surface area contributed by atoms with Gasteiger partial charge in [0.2, 0.25) is 0 Å². The van der Waals surface area contributed by atoms with E-state index in [9.17, 15) is 0 Å². The van der Waals surface area contributed by atoms with Gasteiger partial charge in [0.25, 0.3) is 0 Å². The van der Waals surface area contributed by atoms with Crippen LogP contribution in [0.4, 0.5) is 45.5 Å². The number of nitrogens with zero attached hydrogens (tertiary/aromatic N) is 3. The lowest BCUT2D eigenvalue weighted by Crippen LogP contribution is -2.24. The Morgan fingerprint density at radius 2 is 1.08 bits per heavy atom. The van der Waals surface area contributed by atoms with Crippen molar-refractivity contribution in [3.8, 4) is 11.1 Å². The van der Waals surface area contributed by atoms with Crippen LogP contribution >= 0.6 is 0 Å². The molecule has 62 heavy (non-hydrogen) atoms. The molecule has 0 spiro atoms. The zero-order valence-electron chi connectivity index (χ0n) is 35.4. The fourth-order valence-electron chi connectivity index (χ4n) is 10.2. The lowest BCUT2D eigenvalue weighted by molar-refractivity contribution is 0.660. The highest BCUT2D eigenvalue weighted by molar-refractivity contribution is 6.08. The molecular weight excluding hydrogens is 751 g/mol. The fourth-order valence-corrected chi connectivity index (χ4v) is 10.2. The molecule has 11 rings (SSSR count). The molecule has 0 fully saturated rings. The van der Waals surface area contributed by atoms with Crippen LogP contribution in [-0.4, -0.2) is 0 Å². The van der Waals surface area contributed by atoms with E-state index in [1.165, 1.54) is 61.0 Å². The van der Waals surface area contributed by atoms with Crippen molar-refractivity contribution in [2.24, 2.45) is 0 Å². The van der Waals surface area contributed by atoms with E-state index in [1.54, 1.807) is 0 Å². The molecule has 8 aromatic carbocycles. The van der Waals surface area contributed by atoms with Gasteiger partial charge >= 0.3 is 0 Å². The van der Waals surface area contributed by atoms with E-state index in [-0.39, 0.29) is 5.41 Å². The van der Waals surface area contributed by atoms with Gasteiger partial charge in [-0.05, 0) is 124 Å². The van der Waals surface area contributed by atoms with Gasteiger partial charge in [0, 0.05) is 40.0 Å². The van der Waals surface area contributed by atoms with Gasteiger partial charge in [-0.25, -0.2) is 0 Å². The fraction of sp³-hybridized carbons (Fsp3) is 0.0847. The van der Waals surface area contributed by atoms with Gasteiger partial charge in [0.05, 0.1) is 28.4 Å². The SMILES string of the molecule is C=CC1=C(/C=C\C)Cc2ccccc2N1c1ccc2c(c1)C(C)(C)c1cc(/C=C/c3cccc4c(N5c6ccccc6N(c6ccccc6)c6ccccc65)cccc34)ccc1-2. The topological polar surface area (TPSA) is 9.72 Å². The second-order valence-electron chi connectivity index (χ2n) is 17.0. The number of para-hydroxylation sites is 6. The predicted octanol–water partition coefficient (Wildman–Crippen LogP) is 16.3. The van der Waals surface area contributed by atoms with Crippen LogP contribution in [0.25, 0.3) is 34.1 Å². The summed E-state index contributed by atoms with van der Waals surface area (Å²) in [6.07, 6.45) is 11.8. The summed E-state index contributed by atoms with van der Waals surface area (Å²) in [6.45, 7) is 11.1. The molecule has 0 unspecified atom stereocenters. The molecule has 0 N–H and O–H groups in total. The van der Waals surface area contributed by atoms with Gasteiger partial charge in [0.1, 0.15) is 0 Å². The minimum atomic E-state index is -0.185. The number of fused-ring (bicyclic) bond motifs is 7. The molecule has 0 bridgehead atoms. The maximum absolute atomic E-state index is 4.28. The van der Waals surface area contributed by atoms with Crippen LogP contribution in [0.2, 0.25) is 0 Å². The van der Waals surface area contributed by atoms with Crippen molar-refractivity contribution < 1.29 is 0 Å². The standard InChI is InChI=1S/C59H47N3/c1-5-18-42-38-43-19-10-11-25-53(43)61(52(42)6-2)45-34-36-48-47-35-32-40(37-50(47)59(3,4)51(48)39-45)31-33-41-20-16-24-49-46(41)23-17-30-54(49)62-57-28-14-12-26-55(57)60(44-21-8-7-9-22-44)56-27-13-15-29-58(56)62/h5-37,39H,2,38H2,1,3-4H3/b18-5-,33-31+.